The summed E-state index contributed by atoms with van der Waals surface area (Å²) < 4.78 is 14.4. The molecule has 0 unspecified atom stereocenters. The number of thiophene rings is 1. The minimum absolute atomic E-state index is 0.207. The van der Waals surface area contributed by atoms with Gasteiger partial charge >= 0.3 is 0 Å². The highest BCUT2D eigenvalue weighted by molar-refractivity contribution is 9.10. The van der Waals surface area contributed by atoms with Gasteiger partial charge in [0.15, 0.2) is 11.5 Å². The van der Waals surface area contributed by atoms with Gasteiger partial charge in [0, 0.05) is 41.9 Å². The maximum atomic E-state index is 13.5. The molecule has 40 heavy (non-hydrogen) atoms. The lowest BCUT2D eigenvalue weighted by Gasteiger charge is -2.14. The molecule has 208 valence electrons. The first-order valence-corrected chi connectivity index (χ1v) is 15.2. The van der Waals surface area contributed by atoms with E-state index in [-0.39, 0.29) is 12.5 Å². The average molecular weight is 661 g/mol. The number of hydrogen-bond acceptors (Lipinski definition) is 5. The molecule has 0 radical (unpaired) electrons. The van der Waals surface area contributed by atoms with Crippen LogP contribution in [0.25, 0.3) is 5.00 Å². The third-order valence-electron chi connectivity index (χ3n) is 6.90. The molecule has 1 aliphatic carbocycles. The van der Waals surface area contributed by atoms with E-state index in [1.165, 1.54) is 4.88 Å². The first-order chi connectivity index (χ1) is 19.3. The molecule has 10 heteroatoms. The van der Waals surface area contributed by atoms with Gasteiger partial charge in [0.05, 0.1) is 18.9 Å². The normalized spacial score (nSPS) is 12.9. The third-order valence-corrected chi connectivity index (χ3v) is 9.46. The van der Waals surface area contributed by atoms with E-state index in [4.69, 9.17) is 32.7 Å². The monoisotopic (exact) mass is 659 g/mol. The summed E-state index contributed by atoms with van der Waals surface area (Å²) in [5.41, 5.74) is 8.37. The Balaban J connectivity index is 1.36. The number of aryl methyl sites for hydroxylation is 3. The number of halogens is 3. The molecule has 4 aromatic rings. The topological polar surface area (TPSA) is 64.8 Å². The summed E-state index contributed by atoms with van der Waals surface area (Å²) in [6.07, 6.45) is 5.74. The number of benzene rings is 2. The zero-order valence-electron chi connectivity index (χ0n) is 22.3. The van der Waals surface area contributed by atoms with Crippen molar-refractivity contribution in [2.75, 3.05) is 7.11 Å². The fraction of sp³-hybridized carbons (Fsp3) is 0.267. The van der Waals surface area contributed by atoms with E-state index >= 15 is 0 Å². The molecule has 1 aliphatic rings. The van der Waals surface area contributed by atoms with E-state index in [1.807, 2.05) is 6.07 Å². The van der Waals surface area contributed by atoms with Gasteiger partial charge in [0.25, 0.3) is 5.91 Å². The predicted octanol–water partition coefficient (Wildman–Crippen LogP) is 8.46. The van der Waals surface area contributed by atoms with Gasteiger partial charge in [0.1, 0.15) is 11.6 Å². The van der Waals surface area contributed by atoms with Gasteiger partial charge in [-0.1, -0.05) is 29.3 Å². The van der Waals surface area contributed by atoms with Gasteiger partial charge < -0.3 is 14.0 Å². The lowest BCUT2D eigenvalue weighted by molar-refractivity contribution is 0.0954. The molecule has 0 aliphatic heterocycles. The highest BCUT2D eigenvalue weighted by atomic mass is 79.9. The summed E-state index contributed by atoms with van der Waals surface area (Å²) >= 11 is 17.6. The number of fused-ring (bicyclic) bond motifs is 1. The first kappa shape index (κ1) is 28.7. The zero-order chi connectivity index (χ0) is 28.4. The summed E-state index contributed by atoms with van der Waals surface area (Å²) in [7, 11) is 1.57. The number of methoxy groups -OCH3 is 1. The molecule has 0 saturated carbocycles. The van der Waals surface area contributed by atoms with E-state index in [0.717, 1.165) is 68.8 Å². The van der Waals surface area contributed by atoms with Crippen LogP contribution in [0, 0.1) is 13.8 Å². The highest BCUT2D eigenvalue weighted by Crippen LogP contribution is 2.38. The molecule has 5 rings (SSSR count). The van der Waals surface area contributed by atoms with Crippen molar-refractivity contribution in [1.82, 2.24) is 9.99 Å². The van der Waals surface area contributed by atoms with Crippen molar-refractivity contribution in [3.05, 3.63) is 95.5 Å². The lowest BCUT2D eigenvalue weighted by atomic mass is 9.95. The number of hydrogen-bond donors (Lipinski definition) is 1. The van der Waals surface area contributed by atoms with E-state index in [9.17, 15) is 4.79 Å². The number of aromatic nitrogens is 1. The molecule has 2 aromatic carbocycles. The number of ether oxygens (including phenoxy) is 2. The molecule has 0 spiro atoms. The summed E-state index contributed by atoms with van der Waals surface area (Å²) in [5, 5.41) is 6.36. The Hall–Kier alpha value is -2.78. The van der Waals surface area contributed by atoms with Crippen molar-refractivity contribution < 1.29 is 14.3 Å². The summed E-state index contributed by atoms with van der Waals surface area (Å²) in [4.78, 5) is 14.8. The van der Waals surface area contributed by atoms with E-state index in [1.54, 1.807) is 48.9 Å². The number of amides is 1. The van der Waals surface area contributed by atoms with Gasteiger partial charge in [0.2, 0.25) is 0 Å². The summed E-state index contributed by atoms with van der Waals surface area (Å²) in [6, 6.07) is 13.0. The molecule has 0 atom stereocenters. The number of rotatable bonds is 8. The second-order valence-electron chi connectivity index (χ2n) is 9.59. The fourth-order valence-electron chi connectivity index (χ4n) is 4.86. The maximum Gasteiger partial charge on any atom is 0.274 e. The molecule has 0 bridgehead atoms. The summed E-state index contributed by atoms with van der Waals surface area (Å²) in [6.45, 7) is 4.37. The Morgan fingerprint density at radius 2 is 1.85 bits per heavy atom. The average Bonchev–Trinajstić information content (AvgIpc) is 3.47. The largest absolute Gasteiger partial charge is 0.493 e. The van der Waals surface area contributed by atoms with Crippen LogP contribution in [-0.4, -0.2) is 23.8 Å². The Labute approximate surface area is 256 Å². The number of hydrazone groups is 1. The Morgan fingerprint density at radius 1 is 1.10 bits per heavy atom. The minimum atomic E-state index is -0.207. The van der Waals surface area contributed by atoms with Crippen molar-refractivity contribution in [2.24, 2.45) is 5.10 Å². The third kappa shape index (κ3) is 5.96. The van der Waals surface area contributed by atoms with Crippen molar-refractivity contribution in [3.63, 3.8) is 0 Å². The molecule has 2 aromatic heterocycles. The van der Waals surface area contributed by atoms with Crippen LogP contribution in [-0.2, 0) is 19.4 Å². The quantitative estimate of drug-likeness (QED) is 0.152. The first-order valence-electron chi connectivity index (χ1n) is 12.8. The summed E-state index contributed by atoms with van der Waals surface area (Å²) in [5.74, 6) is 0.850. The number of carbonyl (C=O) groups excluding carboxylic acids is 1. The second kappa shape index (κ2) is 12.4. The Morgan fingerprint density at radius 3 is 2.58 bits per heavy atom. The molecule has 0 saturated heterocycles. The van der Waals surface area contributed by atoms with Crippen LogP contribution in [0.2, 0.25) is 10.0 Å². The van der Waals surface area contributed by atoms with Crippen LogP contribution in [0.1, 0.15) is 56.2 Å². The van der Waals surface area contributed by atoms with E-state index in [0.29, 0.717) is 21.5 Å². The van der Waals surface area contributed by atoms with Crippen molar-refractivity contribution in [3.8, 4) is 16.5 Å². The molecule has 1 N–H and O–H groups in total. The minimum Gasteiger partial charge on any atom is -0.493 e. The van der Waals surface area contributed by atoms with Crippen molar-refractivity contribution in [1.29, 1.82) is 0 Å². The van der Waals surface area contributed by atoms with Crippen LogP contribution >= 0.6 is 50.5 Å². The van der Waals surface area contributed by atoms with Crippen LogP contribution in [0.5, 0.6) is 11.5 Å². The number of nitrogens with zero attached hydrogens (tertiary/aromatic N) is 2. The number of nitrogens with one attached hydrogen (secondary N) is 1. The Bertz CT molecular complexity index is 1590. The van der Waals surface area contributed by atoms with Gasteiger partial charge in [-0.05, 0) is 97.4 Å². The smallest absolute Gasteiger partial charge is 0.274 e. The fourth-order valence-corrected chi connectivity index (χ4v) is 7.26. The van der Waals surface area contributed by atoms with E-state index in [2.05, 4.69) is 57.0 Å². The van der Waals surface area contributed by atoms with Crippen molar-refractivity contribution in [2.45, 2.75) is 46.1 Å². The van der Waals surface area contributed by atoms with E-state index < -0.39 is 0 Å². The van der Waals surface area contributed by atoms with Crippen LogP contribution in [0.15, 0.2) is 52.0 Å². The molecular weight excluding hydrogens is 633 g/mol. The zero-order valence-corrected chi connectivity index (χ0v) is 26.2. The second-order valence-corrected chi connectivity index (χ2v) is 12.4. The number of carbonyl (C=O) groups is 1. The predicted molar refractivity (Wildman–Crippen MR) is 166 cm³/mol. The van der Waals surface area contributed by atoms with Crippen molar-refractivity contribution >= 4 is 62.6 Å². The van der Waals surface area contributed by atoms with Gasteiger partial charge in [-0.2, -0.15) is 5.10 Å². The maximum absolute atomic E-state index is 13.5. The molecule has 6 nitrogen and oxygen atoms in total. The molecular formula is C30H28BrCl2N3O3S. The highest BCUT2D eigenvalue weighted by Gasteiger charge is 2.27. The molecule has 1 amide bonds. The lowest BCUT2D eigenvalue weighted by Crippen LogP contribution is -2.21. The van der Waals surface area contributed by atoms with Crippen LogP contribution in [0.4, 0.5) is 0 Å². The Kier molecular flexibility index (Phi) is 8.90. The van der Waals surface area contributed by atoms with Crippen LogP contribution < -0.4 is 14.9 Å². The molecule has 2 heterocycles. The van der Waals surface area contributed by atoms with Gasteiger partial charge in [-0.3, -0.25) is 4.79 Å². The van der Waals surface area contributed by atoms with Gasteiger partial charge in [-0.15, -0.1) is 11.3 Å². The molecule has 0 fully saturated rings. The van der Waals surface area contributed by atoms with Gasteiger partial charge in [-0.25, -0.2) is 5.43 Å². The standard InChI is InChI=1S/C30H28BrCl2N3O3S/c1-17-8-9-18(2)36(17)30-28(22-6-4-5-7-27(22)40-30)29(37)35-34-15-20-12-25(38-3)26(14-23(20)31)39-16-19-10-11-21(32)13-24(19)33/h8-15H,4-7,16H2,1-3H3,(H,35,37). The van der Waals surface area contributed by atoms with Crippen LogP contribution in [0.3, 0.4) is 0 Å². The SMILES string of the molecule is COc1cc(C=NNC(=O)c2c(-n3c(C)ccc3C)sc3c2CCCC3)c(Br)cc1OCc1ccc(Cl)cc1Cl.